The van der Waals surface area contributed by atoms with Gasteiger partial charge in [0, 0.05) is 6.54 Å². The number of aromatic nitrogens is 2. The Morgan fingerprint density at radius 3 is 2.81 bits per heavy atom. The van der Waals surface area contributed by atoms with Gasteiger partial charge in [0.15, 0.2) is 0 Å². The van der Waals surface area contributed by atoms with Crippen LogP contribution in [0.15, 0.2) is 10.6 Å². The lowest BCUT2D eigenvalue weighted by Crippen LogP contribution is -2.12. The second kappa shape index (κ2) is 4.95. The predicted molar refractivity (Wildman–Crippen MR) is 63.6 cm³/mol. The molecule has 6 heteroatoms. The fraction of sp³-hybridized carbons (Fsp3) is 0.400. The topological polar surface area (TPSA) is 51.0 Å². The Labute approximate surface area is 103 Å². The Balaban J connectivity index is 1.84. The zero-order valence-electron chi connectivity index (χ0n) is 9.08. The number of aryl methyl sites for hydroxylation is 2. The lowest BCUT2D eigenvalue weighted by atomic mass is 10.4. The van der Waals surface area contributed by atoms with Crippen LogP contribution < -0.4 is 5.32 Å². The maximum absolute atomic E-state index is 5.78. The standard InChI is InChI=1S/C10H12ClN3OS/c1-6-7(2)15-9(14-6)4-12-5-10-13-3-8(11)16-10/h3,12H,4-5H2,1-2H3. The molecule has 0 saturated carbocycles. The van der Waals surface area contributed by atoms with Crippen LogP contribution in [0.1, 0.15) is 22.4 Å². The molecule has 0 radical (unpaired) electrons. The molecule has 2 rings (SSSR count). The fourth-order valence-electron chi connectivity index (χ4n) is 1.26. The SMILES string of the molecule is Cc1nc(CNCc2ncc(Cl)s2)oc1C. The number of nitrogens with zero attached hydrogens (tertiary/aromatic N) is 2. The minimum absolute atomic E-state index is 0.603. The average molecular weight is 258 g/mol. The highest BCUT2D eigenvalue weighted by atomic mass is 35.5. The molecular weight excluding hydrogens is 246 g/mol. The van der Waals surface area contributed by atoms with Gasteiger partial charge in [0.05, 0.1) is 18.4 Å². The number of nitrogens with one attached hydrogen (secondary N) is 1. The zero-order chi connectivity index (χ0) is 11.5. The summed E-state index contributed by atoms with van der Waals surface area (Å²) in [6.07, 6.45) is 1.66. The number of thiazole rings is 1. The molecule has 2 heterocycles. The lowest BCUT2D eigenvalue weighted by Gasteiger charge is -1.97. The van der Waals surface area contributed by atoms with Gasteiger partial charge in [-0.2, -0.15) is 0 Å². The molecule has 0 saturated heterocycles. The molecule has 0 atom stereocenters. The monoisotopic (exact) mass is 257 g/mol. The quantitative estimate of drug-likeness (QED) is 0.915. The Morgan fingerprint density at radius 2 is 2.25 bits per heavy atom. The van der Waals surface area contributed by atoms with Crippen LogP contribution >= 0.6 is 22.9 Å². The van der Waals surface area contributed by atoms with Crippen molar-refractivity contribution < 1.29 is 4.42 Å². The average Bonchev–Trinajstić information content (AvgIpc) is 2.75. The van der Waals surface area contributed by atoms with Crippen LogP contribution in [0.5, 0.6) is 0 Å². The Hall–Kier alpha value is -0.910. The Bertz CT molecular complexity index is 461. The summed E-state index contributed by atoms with van der Waals surface area (Å²) in [4.78, 5) is 8.42. The maximum atomic E-state index is 5.78. The summed E-state index contributed by atoms with van der Waals surface area (Å²) in [5.74, 6) is 1.58. The van der Waals surface area contributed by atoms with E-state index in [2.05, 4.69) is 15.3 Å². The van der Waals surface area contributed by atoms with Crippen molar-refractivity contribution in [1.29, 1.82) is 0 Å². The van der Waals surface area contributed by atoms with Crippen LogP contribution in [-0.2, 0) is 13.1 Å². The van der Waals surface area contributed by atoms with Crippen molar-refractivity contribution in [2.75, 3.05) is 0 Å². The van der Waals surface area contributed by atoms with E-state index in [4.69, 9.17) is 16.0 Å². The highest BCUT2D eigenvalue weighted by Crippen LogP contribution is 2.17. The van der Waals surface area contributed by atoms with Crippen LogP contribution in [-0.4, -0.2) is 9.97 Å². The summed E-state index contributed by atoms with van der Waals surface area (Å²) in [7, 11) is 0. The van der Waals surface area contributed by atoms with E-state index in [1.807, 2.05) is 13.8 Å². The van der Waals surface area contributed by atoms with Crippen molar-refractivity contribution in [3.63, 3.8) is 0 Å². The van der Waals surface area contributed by atoms with E-state index < -0.39 is 0 Å². The van der Waals surface area contributed by atoms with Gasteiger partial charge in [-0.15, -0.1) is 11.3 Å². The highest BCUT2D eigenvalue weighted by Gasteiger charge is 2.05. The fourth-order valence-corrected chi connectivity index (χ4v) is 2.19. The summed E-state index contributed by atoms with van der Waals surface area (Å²) in [5, 5.41) is 4.17. The maximum Gasteiger partial charge on any atom is 0.208 e. The third-order valence-electron chi connectivity index (χ3n) is 2.15. The normalized spacial score (nSPS) is 10.9. The van der Waals surface area contributed by atoms with Crippen LogP contribution in [0.3, 0.4) is 0 Å². The van der Waals surface area contributed by atoms with Gasteiger partial charge in [-0.1, -0.05) is 11.6 Å². The van der Waals surface area contributed by atoms with Crippen molar-refractivity contribution in [3.05, 3.63) is 32.9 Å². The van der Waals surface area contributed by atoms with Crippen LogP contribution in [0.4, 0.5) is 0 Å². The molecule has 0 aliphatic rings. The van der Waals surface area contributed by atoms with Crippen LogP contribution in [0.25, 0.3) is 0 Å². The van der Waals surface area contributed by atoms with Gasteiger partial charge < -0.3 is 9.73 Å². The third kappa shape index (κ3) is 2.81. The third-order valence-corrected chi connectivity index (χ3v) is 3.27. The van der Waals surface area contributed by atoms with E-state index in [1.54, 1.807) is 6.20 Å². The van der Waals surface area contributed by atoms with Crippen molar-refractivity contribution in [1.82, 2.24) is 15.3 Å². The second-order valence-corrected chi connectivity index (χ2v) is 5.16. The number of hydrogen-bond donors (Lipinski definition) is 1. The van der Waals surface area contributed by atoms with Gasteiger partial charge in [0.25, 0.3) is 0 Å². The summed E-state index contributed by atoms with van der Waals surface area (Å²) >= 11 is 7.25. The molecule has 0 spiro atoms. The Kier molecular flexibility index (Phi) is 3.58. The predicted octanol–water partition coefficient (Wildman–Crippen LogP) is 2.69. The van der Waals surface area contributed by atoms with E-state index in [1.165, 1.54) is 11.3 Å². The van der Waals surface area contributed by atoms with E-state index in [0.717, 1.165) is 16.5 Å². The number of halogens is 1. The highest BCUT2D eigenvalue weighted by molar-refractivity contribution is 7.15. The molecule has 16 heavy (non-hydrogen) atoms. The van der Waals surface area contributed by atoms with Gasteiger partial charge in [-0.25, -0.2) is 9.97 Å². The number of oxazole rings is 1. The van der Waals surface area contributed by atoms with Crippen molar-refractivity contribution >= 4 is 22.9 Å². The molecule has 0 aromatic carbocycles. The molecule has 0 aliphatic heterocycles. The first kappa shape index (κ1) is 11.6. The first-order valence-electron chi connectivity index (χ1n) is 4.89. The summed E-state index contributed by atoms with van der Waals surface area (Å²) in [6.45, 7) is 5.12. The van der Waals surface area contributed by atoms with Gasteiger partial charge in [0.2, 0.25) is 5.89 Å². The number of hydrogen-bond acceptors (Lipinski definition) is 5. The van der Waals surface area contributed by atoms with Crippen molar-refractivity contribution in [2.24, 2.45) is 0 Å². The molecule has 0 bridgehead atoms. The van der Waals surface area contributed by atoms with Crippen LogP contribution in [0.2, 0.25) is 4.34 Å². The number of rotatable bonds is 4. The molecule has 0 aliphatic carbocycles. The van der Waals surface area contributed by atoms with Crippen LogP contribution in [0, 0.1) is 13.8 Å². The van der Waals surface area contributed by atoms with Gasteiger partial charge >= 0.3 is 0 Å². The Morgan fingerprint density at radius 1 is 1.44 bits per heavy atom. The van der Waals surface area contributed by atoms with Gasteiger partial charge in [-0.3, -0.25) is 0 Å². The summed E-state index contributed by atoms with van der Waals surface area (Å²) in [5.41, 5.74) is 0.939. The summed E-state index contributed by atoms with van der Waals surface area (Å²) in [6, 6.07) is 0. The van der Waals surface area contributed by atoms with E-state index >= 15 is 0 Å². The second-order valence-electron chi connectivity index (χ2n) is 3.41. The molecule has 2 aromatic heterocycles. The zero-order valence-corrected chi connectivity index (χ0v) is 10.7. The van der Waals surface area contributed by atoms with Gasteiger partial charge in [0.1, 0.15) is 15.1 Å². The molecule has 0 unspecified atom stereocenters. The molecule has 1 N–H and O–H groups in total. The molecular formula is C10H12ClN3OS. The lowest BCUT2D eigenvalue weighted by molar-refractivity contribution is 0.448. The minimum atomic E-state index is 0.603. The molecule has 0 amide bonds. The van der Waals surface area contributed by atoms with Crippen molar-refractivity contribution in [3.8, 4) is 0 Å². The van der Waals surface area contributed by atoms with E-state index in [-0.39, 0.29) is 0 Å². The summed E-state index contributed by atoms with van der Waals surface area (Å²) < 4.78 is 6.15. The van der Waals surface area contributed by atoms with E-state index in [9.17, 15) is 0 Å². The van der Waals surface area contributed by atoms with Crippen molar-refractivity contribution in [2.45, 2.75) is 26.9 Å². The first-order chi connectivity index (χ1) is 7.65. The molecule has 86 valence electrons. The minimum Gasteiger partial charge on any atom is -0.444 e. The first-order valence-corrected chi connectivity index (χ1v) is 6.08. The molecule has 0 fully saturated rings. The van der Waals surface area contributed by atoms with E-state index in [0.29, 0.717) is 23.3 Å². The molecule has 4 nitrogen and oxygen atoms in total. The largest absolute Gasteiger partial charge is 0.444 e. The van der Waals surface area contributed by atoms with Gasteiger partial charge in [-0.05, 0) is 13.8 Å². The molecule has 2 aromatic rings. The smallest absolute Gasteiger partial charge is 0.208 e.